The minimum Gasteiger partial charge on any atom is -0.548 e. The van der Waals surface area contributed by atoms with Gasteiger partial charge in [0.1, 0.15) is 10.1 Å². The summed E-state index contributed by atoms with van der Waals surface area (Å²) in [4.78, 5) is 25.2. The summed E-state index contributed by atoms with van der Waals surface area (Å²) in [5.74, 6) is -1.58. The van der Waals surface area contributed by atoms with E-state index in [0.717, 1.165) is 16.7 Å². The minimum absolute atomic E-state index is 0.193. The third kappa shape index (κ3) is 4.33. The lowest BCUT2D eigenvalue weighted by molar-refractivity contribution is -0.310. The highest BCUT2D eigenvalue weighted by Gasteiger charge is 2.37. The smallest absolute Gasteiger partial charge is 0.266 e. The van der Waals surface area contributed by atoms with Crippen LogP contribution in [0.15, 0.2) is 29.2 Å². The highest BCUT2D eigenvalue weighted by molar-refractivity contribution is 8.26. The number of hydrogen-bond acceptors (Lipinski definition) is 6. The van der Waals surface area contributed by atoms with Crippen LogP contribution in [0.2, 0.25) is 0 Å². The fourth-order valence-corrected chi connectivity index (χ4v) is 3.86. The highest BCUT2D eigenvalue weighted by Crippen LogP contribution is 2.34. The zero-order valence-electron chi connectivity index (χ0n) is 12.2. The lowest BCUT2D eigenvalue weighted by atomic mass is 10.1. The van der Waals surface area contributed by atoms with Crippen LogP contribution in [0.4, 0.5) is 4.39 Å². The Morgan fingerprint density at radius 3 is 2.70 bits per heavy atom. The number of thiocarbonyl (C=S) groups is 1. The largest absolute Gasteiger partial charge is 0.548 e. The summed E-state index contributed by atoms with van der Waals surface area (Å²) in [5.41, 5.74) is 0.640. The summed E-state index contributed by atoms with van der Waals surface area (Å²) >= 11 is 7.67. The van der Waals surface area contributed by atoms with Crippen molar-refractivity contribution in [3.8, 4) is 0 Å². The number of carbonyl (C=O) groups excluding carboxylic acids is 2. The van der Waals surface area contributed by atoms with Gasteiger partial charge >= 0.3 is 0 Å². The molecule has 0 unspecified atom stereocenters. The molecule has 1 heterocycles. The van der Waals surface area contributed by atoms with Crippen LogP contribution < -0.4 is 5.11 Å². The standard InChI is InChI=1S/C15H14FNO3S3/c1-22-7-6-11(14(19)20)17-13(18)12(23-15(17)21)8-9-2-4-10(16)5-3-9/h2-5,8,11H,6-7H2,1H3,(H,19,20)/p-1/b12-8+/t11-/m0/s1. The molecule has 1 amide bonds. The topological polar surface area (TPSA) is 60.4 Å². The molecule has 1 aromatic carbocycles. The molecule has 1 saturated heterocycles. The van der Waals surface area contributed by atoms with Gasteiger partial charge < -0.3 is 9.90 Å². The van der Waals surface area contributed by atoms with Gasteiger partial charge in [-0.25, -0.2) is 4.39 Å². The summed E-state index contributed by atoms with van der Waals surface area (Å²) in [6, 6.07) is 4.57. The van der Waals surface area contributed by atoms with E-state index < -0.39 is 17.9 Å². The molecule has 4 nitrogen and oxygen atoms in total. The average molecular weight is 370 g/mol. The number of amides is 1. The molecule has 0 N–H and O–H groups in total. The van der Waals surface area contributed by atoms with Crippen LogP contribution in [0.1, 0.15) is 12.0 Å². The molecule has 0 aliphatic carbocycles. The van der Waals surface area contributed by atoms with Gasteiger partial charge in [-0.15, -0.1) is 0 Å². The summed E-state index contributed by atoms with van der Waals surface area (Å²) in [5, 5.41) is 11.3. The van der Waals surface area contributed by atoms with Gasteiger partial charge in [-0.1, -0.05) is 36.1 Å². The SMILES string of the molecule is CSCC[C@@H](C(=O)[O-])N1C(=O)/C(=C\c2ccc(F)cc2)SC1=S. The average Bonchev–Trinajstić information content (AvgIpc) is 2.77. The quantitative estimate of drug-likeness (QED) is 0.563. The normalized spacial score (nSPS) is 17.8. The second-order valence-corrected chi connectivity index (χ2v) is 7.38. The van der Waals surface area contributed by atoms with E-state index in [2.05, 4.69) is 0 Å². The Labute approximate surface area is 147 Å². The monoisotopic (exact) mass is 370 g/mol. The van der Waals surface area contributed by atoms with E-state index in [-0.39, 0.29) is 16.6 Å². The molecule has 2 rings (SSSR count). The lowest BCUT2D eigenvalue weighted by Gasteiger charge is -2.27. The maximum Gasteiger partial charge on any atom is 0.266 e. The molecule has 0 saturated carbocycles. The van der Waals surface area contributed by atoms with Gasteiger partial charge in [0.2, 0.25) is 0 Å². The number of halogens is 1. The molecule has 0 bridgehead atoms. The van der Waals surface area contributed by atoms with Crippen molar-refractivity contribution >= 4 is 58.0 Å². The van der Waals surface area contributed by atoms with Gasteiger partial charge in [-0.05, 0) is 42.2 Å². The van der Waals surface area contributed by atoms with Crippen molar-refractivity contribution in [1.82, 2.24) is 4.90 Å². The summed E-state index contributed by atoms with van der Waals surface area (Å²) in [6.07, 6.45) is 3.69. The van der Waals surface area contributed by atoms with Crippen molar-refractivity contribution in [2.24, 2.45) is 0 Å². The maximum atomic E-state index is 12.9. The predicted molar refractivity (Wildman–Crippen MR) is 93.2 cm³/mol. The van der Waals surface area contributed by atoms with E-state index in [4.69, 9.17) is 12.2 Å². The van der Waals surface area contributed by atoms with Crippen molar-refractivity contribution in [2.75, 3.05) is 12.0 Å². The number of nitrogens with zero attached hydrogens (tertiary/aromatic N) is 1. The van der Waals surface area contributed by atoms with Crippen LogP contribution in [0, 0.1) is 5.82 Å². The Balaban J connectivity index is 2.24. The van der Waals surface area contributed by atoms with E-state index in [0.29, 0.717) is 16.2 Å². The maximum absolute atomic E-state index is 12.9. The van der Waals surface area contributed by atoms with Gasteiger partial charge in [-0.2, -0.15) is 11.8 Å². The molecule has 1 aliphatic heterocycles. The minimum atomic E-state index is -1.32. The van der Waals surface area contributed by atoms with Gasteiger partial charge in [0.25, 0.3) is 5.91 Å². The fourth-order valence-electron chi connectivity index (χ4n) is 2.04. The molecule has 1 atom stereocenters. The molecule has 1 aliphatic rings. The first-order valence-corrected chi connectivity index (χ1v) is 9.28. The van der Waals surface area contributed by atoms with Crippen LogP contribution in [-0.4, -0.2) is 39.1 Å². The van der Waals surface area contributed by atoms with Gasteiger partial charge in [0, 0.05) is 0 Å². The van der Waals surface area contributed by atoms with Gasteiger partial charge in [-0.3, -0.25) is 9.69 Å². The number of carbonyl (C=O) groups is 2. The third-order valence-electron chi connectivity index (χ3n) is 3.17. The number of carboxylic acid groups (broad SMARTS) is 1. The summed E-state index contributed by atoms with van der Waals surface area (Å²) in [7, 11) is 0. The first-order chi connectivity index (χ1) is 10.9. The summed E-state index contributed by atoms with van der Waals surface area (Å²) < 4.78 is 13.1. The second-order valence-electron chi connectivity index (χ2n) is 4.72. The van der Waals surface area contributed by atoms with E-state index in [1.807, 2.05) is 6.26 Å². The zero-order chi connectivity index (χ0) is 17.0. The van der Waals surface area contributed by atoms with Crippen molar-refractivity contribution in [2.45, 2.75) is 12.5 Å². The zero-order valence-corrected chi connectivity index (χ0v) is 14.6. The Morgan fingerprint density at radius 2 is 2.13 bits per heavy atom. The van der Waals surface area contributed by atoms with E-state index in [1.54, 1.807) is 6.08 Å². The third-order valence-corrected chi connectivity index (χ3v) is 5.14. The molecular formula is C15H13FNO3S3-. The van der Waals surface area contributed by atoms with Crippen molar-refractivity contribution in [1.29, 1.82) is 0 Å². The molecule has 1 aromatic rings. The van der Waals surface area contributed by atoms with Crippen molar-refractivity contribution in [3.63, 3.8) is 0 Å². The molecule has 0 spiro atoms. The number of rotatable bonds is 6. The molecule has 0 aromatic heterocycles. The number of benzene rings is 1. The second kappa shape index (κ2) is 7.94. The fraction of sp³-hybridized carbons (Fsp3) is 0.267. The van der Waals surface area contributed by atoms with Crippen LogP contribution in [0.3, 0.4) is 0 Å². The first kappa shape index (κ1) is 18.0. The molecular weight excluding hydrogens is 357 g/mol. The number of aliphatic carboxylic acids is 1. The Bertz CT molecular complexity index is 660. The van der Waals surface area contributed by atoms with Gasteiger partial charge in [0.05, 0.1) is 16.9 Å². The number of hydrogen-bond donors (Lipinski definition) is 0. The lowest BCUT2D eigenvalue weighted by Crippen LogP contribution is -2.50. The summed E-state index contributed by atoms with van der Waals surface area (Å²) in [6.45, 7) is 0. The van der Waals surface area contributed by atoms with Crippen LogP contribution in [0.5, 0.6) is 0 Å². The van der Waals surface area contributed by atoms with E-state index in [9.17, 15) is 19.1 Å². The van der Waals surface area contributed by atoms with E-state index >= 15 is 0 Å². The van der Waals surface area contributed by atoms with Crippen LogP contribution in [0.25, 0.3) is 6.08 Å². The predicted octanol–water partition coefficient (Wildman–Crippen LogP) is 1.90. The Hall–Kier alpha value is -1.38. The van der Waals surface area contributed by atoms with Crippen LogP contribution in [-0.2, 0) is 9.59 Å². The molecule has 0 radical (unpaired) electrons. The van der Waals surface area contributed by atoms with Crippen molar-refractivity contribution in [3.05, 3.63) is 40.6 Å². The van der Waals surface area contributed by atoms with Gasteiger partial charge in [0.15, 0.2) is 0 Å². The number of thioether (sulfide) groups is 2. The Kier molecular flexibility index (Phi) is 6.20. The molecule has 122 valence electrons. The van der Waals surface area contributed by atoms with E-state index in [1.165, 1.54) is 36.0 Å². The molecule has 8 heteroatoms. The molecule has 1 fully saturated rings. The van der Waals surface area contributed by atoms with Crippen molar-refractivity contribution < 1.29 is 19.1 Å². The number of carboxylic acids is 1. The first-order valence-electron chi connectivity index (χ1n) is 6.66. The molecule has 23 heavy (non-hydrogen) atoms. The highest BCUT2D eigenvalue weighted by atomic mass is 32.2. The van der Waals surface area contributed by atoms with Crippen LogP contribution >= 0.6 is 35.7 Å². The Morgan fingerprint density at radius 1 is 1.48 bits per heavy atom.